The molecular weight excluding hydrogens is 360 g/mol. The number of sulfonamides is 1. The summed E-state index contributed by atoms with van der Waals surface area (Å²) in [7, 11) is -3.69. The van der Waals surface area contributed by atoms with Crippen LogP contribution in [0.25, 0.3) is 0 Å². The third kappa shape index (κ3) is 3.46. The van der Waals surface area contributed by atoms with Crippen molar-refractivity contribution in [3.05, 3.63) is 53.6 Å². The molecule has 0 aromatic heterocycles. The van der Waals surface area contributed by atoms with Crippen molar-refractivity contribution in [1.82, 2.24) is 0 Å². The highest BCUT2D eigenvalue weighted by molar-refractivity contribution is 7.92. The summed E-state index contributed by atoms with van der Waals surface area (Å²) in [6, 6.07) is 12.5. The number of carbonyl (C=O) groups is 1. The molecule has 2 aromatic carbocycles. The largest absolute Gasteiger partial charge is 0.312 e. The Morgan fingerprint density at radius 3 is 2.59 bits per heavy atom. The van der Waals surface area contributed by atoms with E-state index < -0.39 is 10.0 Å². The van der Waals surface area contributed by atoms with Gasteiger partial charge in [0, 0.05) is 18.2 Å². The highest BCUT2D eigenvalue weighted by Crippen LogP contribution is 2.37. The second-order valence-corrected chi connectivity index (χ2v) is 9.33. The lowest BCUT2D eigenvalue weighted by Gasteiger charge is -2.18. The summed E-state index contributed by atoms with van der Waals surface area (Å²) in [5, 5.41) is 0. The zero-order valence-corrected chi connectivity index (χ0v) is 16.4. The minimum Gasteiger partial charge on any atom is -0.312 e. The van der Waals surface area contributed by atoms with Gasteiger partial charge in [-0.3, -0.25) is 9.52 Å². The van der Waals surface area contributed by atoms with E-state index in [0.717, 1.165) is 29.7 Å². The second kappa shape index (κ2) is 6.68. The summed E-state index contributed by atoms with van der Waals surface area (Å²) in [4.78, 5) is 14.4. The molecule has 1 saturated carbocycles. The van der Waals surface area contributed by atoms with E-state index >= 15 is 0 Å². The van der Waals surface area contributed by atoms with Crippen LogP contribution in [-0.4, -0.2) is 20.9 Å². The van der Waals surface area contributed by atoms with Crippen molar-refractivity contribution >= 4 is 27.3 Å². The van der Waals surface area contributed by atoms with Gasteiger partial charge >= 0.3 is 0 Å². The van der Waals surface area contributed by atoms with E-state index in [1.807, 2.05) is 36.9 Å². The molecule has 2 aliphatic rings. The maximum Gasteiger partial charge on any atom is 0.261 e. The summed E-state index contributed by atoms with van der Waals surface area (Å²) >= 11 is 0. The zero-order valence-electron chi connectivity index (χ0n) is 15.6. The molecule has 27 heavy (non-hydrogen) atoms. The number of nitrogens with zero attached hydrogens (tertiary/aromatic N) is 1. The van der Waals surface area contributed by atoms with Crippen molar-refractivity contribution in [2.45, 2.75) is 43.9 Å². The monoisotopic (exact) mass is 384 g/mol. The van der Waals surface area contributed by atoms with Gasteiger partial charge in [0.25, 0.3) is 10.0 Å². The Hall–Kier alpha value is -2.34. The van der Waals surface area contributed by atoms with Crippen LogP contribution in [0.4, 0.5) is 11.4 Å². The van der Waals surface area contributed by atoms with Gasteiger partial charge in [0.1, 0.15) is 0 Å². The minimum atomic E-state index is -3.69. The molecule has 0 radical (unpaired) electrons. The van der Waals surface area contributed by atoms with E-state index in [-0.39, 0.29) is 22.6 Å². The minimum absolute atomic E-state index is 0.161. The molecule has 1 aliphatic heterocycles. The number of anilines is 2. The molecule has 1 fully saturated rings. The number of rotatable bonds is 5. The van der Waals surface area contributed by atoms with Gasteiger partial charge in [-0.1, -0.05) is 32.0 Å². The fraction of sp³-hybridized carbons (Fsp3) is 0.381. The molecule has 2 aromatic rings. The predicted molar refractivity (Wildman–Crippen MR) is 107 cm³/mol. The third-order valence-corrected chi connectivity index (χ3v) is 6.64. The lowest BCUT2D eigenvalue weighted by Crippen LogP contribution is -2.30. The first-order valence-corrected chi connectivity index (χ1v) is 10.9. The van der Waals surface area contributed by atoms with E-state index in [4.69, 9.17) is 0 Å². The number of nitrogens with one attached hydrogen (secondary N) is 1. The van der Waals surface area contributed by atoms with Crippen LogP contribution in [0.15, 0.2) is 47.4 Å². The molecule has 6 heteroatoms. The predicted octanol–water partition coefficient (Wildman–Crippen LogP) is 3.91. The number of hydrogen-bond acceptors (Lipinski definition) is 3. The van der Waals surface area contributed by atoms with Gasteiger partial charge in [0.05, 0.1) is 10.6 Å². The first-order chi connectivity index (χ1) is 12.9. The molecule has 0 saturated heterocycles. The smallest absolute Gasteiger partial charge is 0.261 e. The Balaban J connectivity index is 1.61. The topological polar surface area (TPSA) is 66.5 Å². The number of benzene rings is 2. The molecule has 1 aliphatic carbocycles. The molecule has 4 rings (SSSR count). The molecule has 0 spiro atoms. The van der Waals surface area contributed by atoms with Crippen LogP contribution in [-0.2, 0) is 21.2 Å². The number of amides is 1. The summed E-state index contributed by atoms with van der Waals surface area (Å²) in [6.07, 6.45) is 2.63. The van der Waals surface area contributed by atoms with Crippen LogP contribution < -0.4 is 9.62 Å². The van der Waals surface area contributed by atoms with E-state index in [2.05, 4.69) is 4.72 Å². The van der Waals surface area contributed by atoms with Crippen LogP contribution in [0.3, 0.4) is 0 Å². The summed E-state index contributed by atoms with van der Waals surface area (Å²) in [6.45, 7) is 4.71. The molecular formula is C21H24N2O3S. The Morgan fingerprint density at radius 1 is 1.15 bits per heavy atom. The van der Waals surface area contributed by atoms with Crippen molar-refractivity contribution in [3.63, 3.8) is 0 Å². The Bertz CT molecular complexity index is 994. The van der Waals surface area contributed by atoms with Gasteiger partial charge in [-0.05, 0) is 60.6 Å². The third-order valence-electron chi connectivity index (χ3n) is 5.28. The maximum absolute atomic E-state index is 12.9. The summed E-state index contributed by atoms with van der Waals surface area (Å²) in [5.41, 5.74) is 3.35. The fourth-order valence-electron chi connectivity index (χ4n) is 3.62. The van der Waals surface area contributed by atoms with Gasteiger partial charge in [-0.15, -0.1) is 0 Å². The number of hydrogen-bond donors (Lipinski definition) is 1. The van der Waals surface area contributed by atoms with E-state index in [9.17, 15) is 13.2 Å². The molecule has 5 nitrogen and oxygen atoms in total. The molecule has 0 atom stereocenters. The van der Waals surface area contributed by atoms with E-state index in [0.29, 0.717) is 18.7 Å². The van der Waals surface area contributed by atoms with Crippen molar-refractivity contribution in [1.29, 1.82) is 0 Å². The van der Waals surface area contributed by atoms with Gasteiger partial charge in [0.15, 0.2) is 0 Å². The lowest BCUT2D eigenvalue weighted by atomic mass is 10.0. The van der Waals surface area contributed by atoms with Crippen LogP contribution in [0.1, 0.15) is 43.7 Å². The van der Waals surface area contributed by atoms with Crippen molar-refractivity contribution < 1.29 is 13.2 Å². The molecule has 142 valence electrons. The van der Waals surface area contributed by atoms with Gasteiger partial charge in [-0.25, -0.2) is 8.42 Å². The first-order valence-electron chi connectivity index (χ1n) is 9.43. The van der Waals surface area contributed by atoms with Gasteiger partial charge < -0.3 is 4.90 Å². The van der Waals surface area contributed by atoms with Crippen molar-refractivity contribution in [3.8, 4) is 0 Å². The quantitative estimate of drug-likeness (QED) is 0.850. The van der Waals surface area contributed by atoms with Crippen molar-refractivity contribution in [2.75, 3.05) is 16.2 Å². The molecule has 1 amide bonds. The summed E-state index contributed by atoms with van der Waals surface area (Å²) < 4.78 is 28.6. The standard InChI is InChI=1S/C21H24N2O3S/c1-14(2)18-5-3-4-6-19(18)22-27(25,26)17-9-10-20-16(13-17)11-12-23(20)21(24)15-7-8-15/h3-6,9-10,13-15,22H,7-8,11-12H2,1-2H3. The van der Waals surface area contributed by atoms with Crippen molar-refractivity contribution in [2.24, 2.45) is 5.92 Å². The SMILES string of the molecule is CC(C)c1ccccc1NS(=O)(=O)c1ccc2c(c1)CCN2C(=O)C1CC1. The fourth-order valence-corrected chi connectivity index (χ4v) is 4.76. The van der Waals surface area contributed by atoms with Crippen LogP contribution in [0, 0.1) is 5.92 Å². The summed E-state index contributed by atoms with van der Waals surface area (Å²) in [5.74, 6) is 0.549. The molecule has 1 N–H and O–H groups in total. The Kier molecular flexibility index (Phi) is 4.46. The average molecular weight is 385 g/mol. The van der Waals surface area contributed by atoms with E-state index in [1.165, 1.54) is 0 Å². The van der Waals surface area contributed by atoms with Crippen LogP contribution in [0.2, 0.25) is 0 Å². The lowest BCUT2D eigenvalue weighted by molar-refractivity contribution is -0.119. The normalized spacial score (nSPS) is 16.5. The second-order valence-electron chi connectivity index (χ2n) is 7.65. The highest BCUT2D eigenvalue weighted by Gasteiger charge is 2.36. The Morgan fingerprint density at radius 2 is 1.89 bits per heavy atom. The Labute approximate surface area is 160 Å². The first kappa shape index (κ1) is 18.0. The van der Waals surface area contributed by atoms with E-state index in [1.54, 1.807) is 24.3 Å². The van der Waals surface area contributed by atoms with Gasteiger partial charge in [-0.2, -0.15) is 0 Å². The van der Waals surface area contributed by atoms with Gasteiger partial charge in [0.2, 0.25) is 5.91 Å². The maximum atomic E-state index is 12.9. The molecule has 0 bridgehead atoms. The molecule has 0 unspecified atom stereocenters. The molecule has 1 heterocycles. The average Bonchev–Trinajstić information content (AvgIpc) is 3.40. The van der Waals surface area contributed by atoms with Crippen LogP contribution >= 0.6 is 0 Å². The number of fused-ring (bicyclic) bond motifs is 1. The number of carbonyl (C=O) groups excluding carboxylic acids is 1. The number of para-hydroxylation sites is 1. The highest BCUT2D eigenvalue weighted by atomic mass is 32.2. The zero-order chi connectivity index (χ0) is 19.2. The van der Waals surface area contributed by atoms with Crippen LogP contribution in [0.5, 0.6) is 0 Å².